The fourth-order valence-electron chi connectivity index (χ4n) is 4.63. The molecule has 1 saturated heterocycles. The maximum absolute atomic E-state index is 13.1. The molecule has 0 spiro atoms. The van der Waals surface area contributed by atoms with Crippen LogP contribution in [0.25, 0.3) is 11.1 Å². The van der Waals surface area contributed by atoms with E-state index >= 15 is 0 Å². The van der Waals surface area contributed by atoms with E-state index in [0.717, 1.165) is 68.7 Å². The third kappa shape index (κ3) is 4.51. The van der Waals surface area contributed by atoms with Crippen LogP contribution < -0.4 is 10.5 Å². The first-order valence-electron chi connectivity index (χ1n) is 11.3. The number of morpholine rings is 1. The number of carbonyl (C=O) groups excluding carboxylic acids is 1. The Balaban J connectivity index is 1.38. The van der Waals surface area contributed by atoms with Crippen molar-refractivity contribution < 1.29 is 9.53 Å². The number of hydrogen-bond donors (Lipinski definition) is 0. The van der Waals surface area contributed by atoms with Gasteiger partial charge in [-0.25, -0.2) is 4.98 Å². The topological polar surface area (TPSA) is 67.7 Å². The van der Waals surface area contributed by atoms with Gasteiger partial charge in [-0.05, 0) is 30.2 Å². The molecule has 2 aliphatic rings. The average Bonchev–Trinajstić information content (AvgIpc) is 3.30. The molecule has 3 aromatic rings. The second kappa shape index (κ2) is 9.21. The largest absolute Gasteiger partial charge is 0.378 e. The van der Waals surface area contributed by atoms with Gasteiger partial charge in [-0.1, -0.05) is 18.2 Å². The Morgan fingerprint density at radius 3 is 2.79 bits per heavy atom. The van der Waals surface area contributed by atoms with Gasteiger partial charge in [0, 0.05) is 74.1 Å². The summed E-state index contributed by atoms with van der Waals surface area (Å²) < 4.78 is 7.23. The number of fused-ring (bicyclic) bond motifs is 1. The van der Waals surface area contributed by atoms with Crippen molar-refractivity contribution in [3.8, 4) is 11.1 Å². The van der Waals surface area contributed by atoms with Crippen molar-refractivity contribution in [3.05, 3.63) is 68.6 Å². The van der Waals surface area contributed by atoms with Gasteiger partial charge in [0.1, 0.15) is 0 Å². The minimum atomic E-state index is -0.0134. The predicted octanol–water partition coefficient (Wildman–Crippen LogP) is 3.11. The zero-order valence-corrected chi connectivity index (χ0v) is 19.9. The van der Waals surface area contributed by atoms with Gasteiger partial charge in [-0.15, -0.1) is 11.3 Å². The number of nitrogens with zero attached hydrogens (tertiary/aromatic N) is 4. The number of benzene rings is 1. The first-order valence-corrected chi connectivity index (χ1v) is 12.1. The van der Waals surface area contributed by atoms with Crippen molar-refractivity contribution in [3.63, 3.8) is 0 Å². The first kappa shape index (κ1) is 22.0. The van der Waals surface area contributed by atoms with Crippen molar-refractivity contribution >= 4 is 22.3 Å². The molecule has 0 amide bonds. The summed E-state index contributed by atoms with van der Waals surface area (Å²) in [6, 6.07) is 9.37. The molecular formula is C25H28N4O3S. The second-order valence-electron chi connectivity index (χ2n) is 8.70. The van der Waals surface area contributed by atoms with Crippen molar-refractivity contribution in [2.75, 3.05) is 37.7 Å². The smallest absolute Gasteiger partial charge is 0.258 e. The molecule has 2 aliphatic heterocycles. The quantitative estimate of drug-likeness (QED) is 0.541. The van der Waals surface area contributed by atoms with E-state index in [1.165, 1.54) is 10.4 Å². The van der Waals surface area contributed by atoms with Crippen molar-refractivity contribution in [2.24, 2.45) is 7.05 Å². The maximum atomic E-state index is 13.1. The lowest BCUT2D eigenvalue weighted by atomic mass is 9.97. The van der Waals surface area contributed by atoms with Crippen LogP contribution in [0, 0.1) is 0 Å². The van der Waals surface area contributed by atoms with Gasteiger partial charge in [0.15, 0.2) is 10.9 Å². The molecule has 5 rings (SSSR count). The Morgan fingerprint density at radius 1 is 1.18 bits per heavy atom. The molecule has 0 unspecified atom stereocenters. The highest BCUT2D eigenvalue weighted by Crippen LogP contribution is 2.28. The number of hydrogen-bond acceptors (Lipinski definition) is 7. The van der Waals surface area contributed by atoms with Crippen LogP contribution in [-0.4, -0.2) is 53.1 Å². The zero-order valence-electron chi connectivity index (χ0n) is 19.0. The highest BCUT2D eigenvalue weighted by Gasteiger charge is 2.23. The number of rotatable bonds is 5. The van der Waals surface area contributed by atoms with Gasteiger partial charge in [0.05, 0.1) is 13.2 Å². The van der Waals surface area contributed by atoms with E-state index in [1.807, 2.05) is 37.5 Å². The summed E-state index contributed by atoms with van der Waals surface area (Å²) in [6.07, 6.45) is 2.83. The molecule has 4 heterocycles. The van der Waals surface area contributed by atoms with Gasteiger partial charge in [-0.2, -0.15) is 0 Å². The molecule has 0 aliphatic carbocycles. The summed E-state index contributed by atoms with van der Waals surface area (Å²) in [5.74, 6) is -0.00110. The number of Topliss-reactive ketones (excluding diaryl/α,β-unsaturated/α-hetero) is 1. The summed E-state index contributed by atoms with van der Waals surface area (Å²) in [4.78, 5) is 35.5. The third-order valence-corrected chi connectivity index (χ3v) is 7.51. The van der Waals surface area contributed by atoms with Crippen LogP contribution in [0.2, 0.25) is 0 Å². The van der Waals surface area contributed by atoms with Crippen molar-refractivity contribution in [1.82, 2.24) is 14.5 Å². The molecule has 2 aromatic heterocycles. The lowest BCUT2D eigenvalue weighted by molar-refractivity contribution is 0.101. The lowest BCUT2D eigenvalue weighted by Gasteiger charge is -2.30. The average molecular weight is 465 g/mol. The van der Waals surface area contributed by atoms with Gasteiger partial charge in [0.2, 0.25) is 0 Å². The molecule has 33 heavy (non-hydrogen) atoms. The second-order valence-corrected chi connectivity index (χ2v) is 9.79. The summed E-state index contributed by atoms with van der Waals surface area (Å²) in [5, 5.41) is 1.07. The van der Waals surface area contributed by atoms with Gasteiger partial charge in [-0.3, -0.25) is 14.5 Å². The molecule has 0 radical (unpaired) electrons. The van der Waals surface area contributed by atoms with Crippen LogP contribution in [0.4, 0.5) is 5.13 Å². The number of ketones is 1. The lowest BCUT2D eigenvalue weighted by Crippen LogP contribution is -2.36. The number of ether oxygens (including phenoxy) is 1. The molecule has 0 bridgehead atoms. The van der Waals surface area contributed by atoms with E-state index in [9.17, 15) is 9.59 Å². The molecule has 0 atom stereocenters. The molecule has 172 valence electrons. The van der Waals surface area contributed by atoms with Crippen LogP contribution in [0.1, 0.15) is 33.4 Å². The fraction of sp³-hybridized carbons (Fsp3) is 0.400. The number of thiazole rings is 1. The first-order chi connectivity index (χ1) is 16.0. The maximum Gasteiger partial charge on any atom is 0.258 e. The SMILES string of the molecule is CC(=O)c1cccc(-c2cc3c(n(C)c2=O)CCN(Cc2cnc(N4CCOCC4)s2)C3)c1. The Hall–Kier alpha value is -2.81. The molecule has 0 saturated carbocycles. The van der Waals surface area contributed by atoms with E-state index in [4.69, 9.17) is 4.74 Å². The Morgan fingerprint density at radius 2 is 2.00 bits per heavy atom. The predicted molar refractivity (Wildman–Crippen MR) is 130 cm³/mol. The summed E-state index contributed by atoms with van der Waals surface area (Å²) >= 11 is 1.75. The van der Waals surface area contributed by atoms with Gasteiger partial charge < -0.3 is 14.2 Å². The van der Waals surface area contributed by atoms with Crippen molar-refractivity contribution in [2.45, 2.75) is 26.4 Å². The van der Waals surface area contributed by atoms with Crippen LogP contribution in [-0.2, 0) is 31.3 Å². The minimum absolute atomic E-state index is 0.00110. The van der Waals surface area contributed by atoms with E-state index in [-0.39, 0.29) is 11.3 Å². The van der Waals surface area contributed by atoms with E-state index in [0.29, 0.717) is 11.1 Å². The van der Waals surface area contributed by atoms with Crippen LogP contribution in [0.15, 0.2) is 41.3 Å². The van der Waals surface area contributed by atoms with Crippen LogP contribution in [0.5, 0.6) is 0 Å². The molecular weight excluding hydrogens is 436 g/mol. The molecule has 8 heteroatoms. The monoisotopic (exact) mass is 464 g/mol. The third-order valence-electron chi connectivity index (χ3n) is 6.47. The molecule has 7 nitrogen and oxygen atoms in total. The number of pyridine rings is 1. The normalized spacial score (nSPS) is 16.6. The van der Waals surface area contributed by atoms with E-state index in [2.05, 4.69) is 14.8 Å². The summed E-state index contributed by atoms with van der Waals surface area (Å²) in [6.45, 7) is 7.39. The van der Waals surface area contributed by atoms with Crippen LogP contribution >= 0.6 is 11.3 Å². The van der Waals surface area contributed by atoms with E-state index in [1.54, 1.807) is 28.9 Å². The molecule has 1 aromatic carbocycles. The number of anilines is 1. The van der Waals surface area contributed by atoms with Gasteiger partial charge >= 0.3 is 0 Å². The number of carbonyl (C=O) groups is 1. The Kier molecular flexibility index (Phi) is 6.14. The molecule has 0 N–H and O–H groups in total. The highest BCUT2D eigenvalue weighted by molar-refractivity contribution is 7.15. The minimum Gasteiger partial charge on any atom is -0.378 e. The standard InChI is InChI=1S/C25H28N4O3S/c1-17(30)18-4-3-5-19(12-18)22-13-20-15-28(7-6-23(20)27(2)24(22)31)16-21-14-26-25(33-21)29-8-10-32-11-9-29/h3-5,12-14H,6-11,15-16H2,1-2H3. The summed E-state index contributed by atoms with van der Waals surface area (Å²) in [7, 11) is 1.85. The summed E-state index contributed by atoms with van der Waals surface area (Å²) in [5.41, 5.74) is 4.32. The highest BCUT2D eigenvalue weighted by atomic mass is 32.1. The fourth-order valence-corrected chi connectivity index (χ4v) is 5.63. The Labute approximate surface area is 197 Å². The number of aromatic nitrogens is 2. The Bertz CT molecular complexity index is 1240. The van der Waals surface area contributed by atoms with Gasteiger partial charge in [0.25, 0.3) is 5.56 Å². The van der Waals surface area contributed by atoms with Crippen LogP contribution in [0.3, 0.4) is 0 Å². The molecule has 1 fully saturated rings. The van der Waals surface area contributed by atoms with E-state index < -0.39 is 0 Å². The zero-order chi connectivity index (χ0) is 22.9. The van der Waals surface area contributed by atoms with Crippen molar-refractivity contribution in [1.29, 1.82) is 0 Å².